The highest BCUT2D eigenvalue weighted by Crippen LogP contribution is 2.48. The van der Waals surface area contributed by atoms with E-state index in [1.807, 2.05) is 54.8 Å². The summed E-state index contributed by atoms with van der Waals surface area (Å²) in [5, 5.41) is 4.25. The Hall–Kier alpha value is -2.67. The van der Waals surface area contributed by atoms with Crippen LogP contribution in [-0.2, 0) is 14.4 Å². The number of rotatable bonds is 3. The molecule has 3 atom stereocenters. The lowest BCUT2D eigenvalue weighted by atomic mass is 9.95. The fourth-order valence-corrected chi connectivity index (χ4v) is 4.98. The lowest BCUT2D eigenvalue weighted by Gasteiger charge is -2.28. The van der Waals surface area contributed by atoms with Gasteiger partial charge in [-0.2, -0.15) is 0 Å². The lowest BCUT2D eigenvalue weighted by Crippen LogP contribution is -2.37. The monoisotopic (exact) mass is 424 g/mol. The molecule has 0 spiro atoms. The van der Waals surface area contributed by atoms with Crippen LogP contribution in [0.4, 0.5) is 11.4 Å². The zero-order valence-corrected chi connectivity index (χ0v) is 17.1. The molecule has 5 nitrogen and oxygen atoms in total. The second-order valence-corrected chi connectivity index (χ2v) is 8.58. The number of imide groups is 1. The van der Waals surface area contributed by atoms with Crippen LogP contribution in [0.1, 0.15) is 16.5 Å². The van der Waals surface area contributed by atoms with Crippen molar-refractivity contribution in [3.05, 3.63) is 81.5 Å². The zero-order valence-electron chi connectivity index (χ0n) is 15.5. The van der Waals surface area contributed by atoms with Crippen molar-refractivity contribution in [3.8, 4) is 0 Å². The Bertz CT molecular complexity index is 1080. The molecule has 2 fully saturated rings. The van der Waals surface area contributed by atoms with Crippen LogP contribution in [0.15, 0.2) is 66.0 Å². The number of hydrogen-bond acceptors (Lipinski definition) is 5. The number of amides is 2. The van der Waals surface area contributed by atoms with Crippen molar-refractivity contribution in [2.75, 3.05) is 9.96 Å². The smallest absolute Gasteiger partial charge is 0.266 e. The molecule has 2 aliphatic rings. The maximum absolute atomic E-state index is 13.4. The topological polar surface area (TPSA) is 49.9 Å². The molecule has 0 radical (unpaired) electrons. The second kappa shape index (κ2) is 6.99. The van der Waals surface area contributed by atoms with Crippen LogP contribution in [0.5, 0.6) is 0 Å². The van der Waals surface area contributed by atoms with E-state index in [4.69, 9.17) is 16.4 Å². The van der Waals surface area contributed by atoms with Gasteiger partial charge in [-0.25, -0.2) is 9.96 Å². The molecule has 1 aromatic heterocycles. The fraction of sp³-hybridized carbons (Fsp3) is 0.182. The third-order valence-corrected chi connectivity index (χ3v) is 6.49. The van der Waals surface area contributed by atoms with Crippen LogP contribution in [0.2, 0.25) is 5.02 Å². The van der Waals surface area contributed by atoms with E-state index in [1.54, 1.807) is 34.6 Å². The number of fused-ring (bicyclic) bond motifs is 1. The average molecular weight is 425 g/mol. The predicted octanol–water partition coefficient (Wildman–Crippen LogP) is 4.76. The molecule has 2 saturated heterocycles. The number of benzene rings is 2. The Labute approximate surface area is 177 Å². The van der Waals surface area contributed by atoms with Crippen molar-refractivity contribution in [2.45, 2.75) is 19.1 Å². The molecular weight excluding hydrogens is 408 g/mol. The molecule has 5 rings (SSSR count). The van der Waals surface area contributed by atoms with Crippen LogP contribution >= 0.6 is 22.9 Å². The summed E-state index contributed by atoms with van der Waals surface area (Å²) in [6, 6.07) is 18.1. The molecule has 3 aromatic rings. The number of thiophene rings is 1. The van der Waals surface area contributed by atoms with Crippen LogP contribution in [0.25, 0.3) is 0 Å². The molecule has 146 valence electrons. The van der Waals surface area contributed by atoms with Gasteiger partial charge in [0.1, 0.15) is 12.0 Å². The summed E-state index contributed by atoms with van der Waals surface area (Å²) < 4.78 is 0. The lowest BCUT2D eigenvalue weighted by molar-refractivity contribution is -0.126. The summed E-state index contributed by atoms with van der Waals surface area (Å²) in [5.41, 5.74) is 2.32. The molecular formula is C22H17ClN2O3S. The fourth-order valence-electron chi connectivity index (χ4n) is 4.00. The molecule has 7 heteroatoms. The molecule has 0 unspecified atom stereocenters. The number of carbonyl (C=O) groups is 2. The van der Waals surface area contributed by atoms with E-state index in [-0.39, 0.29) is 17.9 Å². The molecule has 0 bridgehead atoms. The number of aryl methyl sites for hydroxylation is 1. The van der Waals surface area contributed by atoms with Crippen molar-refractivity contribution in [1.29, 1.82) is 0 Å². The molecule has 3 heterocycles. The van der Waals surface area contributed by atoms with Gasteiger partial charge in [0.05, 0.1) is 11.4 Å². The van der Waals surface area contributed by atoms with E-state index in [1.165, 1.54) is 4.90 Å². The minimum atomic E-state index is -0.856. The van der Waals surface area contributed by atoms with Crippen LogP contribution < -0.4 is 9.96 Å². The van der Waals surface area contributed by atoms with Gasteiger partial charge in [-0.3, -0.25) is 14.4 Å². The van der Waals surface area contributed by atoms with Gasteiger partial charge in [-0.05, 0) is 60.3 Å². The number of nitrogens with zero attached hydrogens (tertiary/aromatic N) is 2. The van der Waals surface area contributed by atoms with E-state index in [0.29, 0.717) is 10.7 Å². The number of anilines is 2. The first-order valence-electron chi connectivity index (χ1n) is 9.24. The molecule has 0 aliphatic carbocycles. The maximum Gasteiger partial charge on any atom is 0.266 e. The summed E-state index contributed by atoms with van der Waals surface area (Å²) in [6.07, 6.45) is -0.856. The van der Waals surface area contributed by atoms with Crippen molar-refractivity contribution in [2.24, 2.45) is 5.92 Å². The molecule has 29 heavy (non-hydrogen) atoms. The summed E-state index contributed by atoms with van der Waals surface area (Å²) in [6.45, 7) is 1.93. The summed E-state index contributed by atoms with van der Waals surface area (Å²) >= 11 is 7.57. The summed E-state index contributed by atoms with van der Waals surface area (Å²) in [5.74, 6) is -1.18. The second-order valence-electron chi connectivity index (χ2n) is 7.17. The SMILES string of the molecule is Cc1cccc(N2C(=O)[C@H]3[C@H](ON(c4ccc(Cl)cc4)[C@H]3c3cccs3)C2=O)c1. The van der Waals surface area contributed by atoms with Crippen molar-refractivity contribution >= 4 is 46.1 Å². The Morgan fingerprint density at radius 1 is 0.966 bits per heavy atom. The molecule has 2 aromatic carbocycles. The highest BCUT2D eigenvalue weighted by Gasteiger charge is 2.60. The van der Waals surface area contributed by atoms with Crippen LogP contribution in [0.3, 0.4) is 0 Å². The van der Waals surface area contributed by atoms with Gasteiger partial charge in [0.15, 0.2) is 6.10 Å². The minimum Gasteiger partial charge on any atom is -0.273 e. The Morgan fingerprint density at radius 3 is 2.45 bits per heavy atom. The van der Waals surface area contributed by atoms with E-state index >= 15 is 0 Å². The number of halogens is 1. The van der Waals surface area contributed by atoms with Gasteiger partial charge in [-0.1, -0.05) is 29.8 Å². The quantitative estimate of drug-likeness (QED) is 0.569. The van der Waals surface area contributed by atoms with Crippen molar-refractivity contribution in [1.82, 2.24) is 0 Å². The van der Waals surface area contributed by atoms with Crippen LogP contribution in [0, 0.1) is 12.8 Å². The third-order valence-electron chi connectivity index (χ3n) is 5.29. The highest BCUT2D eigenvalue weighted by molar-refractivity contribution is 7.10. The zero-order chi connectivity index (χ0) is 20.1. The van der Waals surface area contributed by atoms with Gasteiger partial charge in [0, 0.05) is 9.90 Å². The number of hydrogen-bond donors (Lipinski definition) is 0. The van der Waals surface area contributed by atoms with E-state index in [9.17, 15) is 9.59 Å². The van der Waals surface area contributed by atoms with E-state index < -0.39 is 12.0 Å². The molecule has 2 aliphatic heterocycles. The van der Waals surface area contributed by atoms with E-state index in [2.05, 4.69) is 0 Å². The normalized spacial score (nSPS) is 23.7. The first-order chi connectivity index (χ1) is 14.0. The number of carbonyl (C=O) groups excluding carboxylic acids is 2. The van der Waals surface area contributed by atoms with Gasteiger partial charge in [-0.15, -0.1) is 11.3 Å². The molecule has 0 saturated carbocycles. The highest BCUT2D eigenvalue weighted by atomic mass is 35.5. The predicted molar refractivity (Wildman–Crippen MR) is 113 cm³/mol. The average Bonchev–Trinajstić information content (AvgIpc) is 3.40. The third kappa shape index (κ3) is 2.95. The Kier molecular flexibility index (Phi) is 4.42. The van der Waals surface area contributed by atoms with Gasteiger partial charge in [0.2, 0.25) is 5.91 Å². The first kappa shape index (κ1) is 18.4. The Morgan fingerprint density at radius 2 is 1.76 bits per heavy atom. The van der Waals surface area contributed by atoms with Gasteiger partial charge >= 0.3 is 0 Å². The molecule has 2 amide bonds. The van der Waals surface area contributed by atoms with E-state index in [0.717, 1.165) is 16.1 Å². The molecule has 0 N–H and O–H groups in total. The largest absolute Gasteiger partial charge is 0.273 e. The maximum atomic E-state index is 13.4. The summed E-state index contributed by atoms with van der Waals surface area (Å²) in [7, 11) is 0. The first-order valence-corrected chi connectivity index (χ1v) is 10.5. The summed E-state index contributed by atoms with van der Waals surface area (Å²) in [4.78, 5) is 35.0. The van der Waals surface area contributed by atoms with Crippen molar-refractivity contribution < 1.29 is 14.4 Å². The standard InChI is InChI=1S/C22H17ClN2O3S/c1-13-4-2-5-16(12-13)24-21(26)18-19(17-6-3-11-29-17)25(28-20(18)22(24)27)15-9-7-14(23)8-10-15/h2-12,18-20H,1H3/t18-,19+,20+/m1/s1. The Balaban J connectivity index is 1.57. The van der Waals surface area contributed by atoms with Gasteiger partial charge < -0.3 is 0 Å². The van der Waals surface area contributed by atoms with Crippen molar-refractivity contribution in [3.63, 3.8) is 0 Å². The van der Waals surface area contributed by atoms with Crippen LogP contribution in [-0.4, -0.2) is 17.9 Å². The number of hydroxylamine groups is 1. The van der Waals surface area contributed by atoms with Gasteiger partial charge in [0.25, 0.3) is 5.91 Å². The minimum absolute atomic E-state index is 0.236.